The zero-order valence-corrected chi connectivity index (χ0v) is 9.26. The molecule has 3 N–H and O–H groups in total. The minimum Gasteiger partial charge on any atom is -0.366 e. The number of aromatic nitrogens is 5. The smallest absolute Gasteiger partial charge is 0.295 e. The molecule has 9 heteroatoms. The van der Waals surface area contributed by atoms with Crippen LogP contribution in [0.25, 0.3) is 23.1 Å². The fourth-order valence-corrected chi connectivity index (χ4v) is 1.44. The van der Waals surface area contributed by atoms with Crippen molar-refractivity contribution < 1.29 is 13.3 Å². The predicted octanol–water partition coefficient (Wildman–Crippen LogP) is 1.38. The van der Waals surface area contributed by atoms with Crippen molar-refractivity contribution in [3.05, 3.63) is 29.8 Å². The van der Waals surface area contributed by atoms with E-state index in [0.717, 1.165) is 12.1 Å². The maximum Gasteiger partial charge on any atom is 0.295 e. The number of nitrogens with two attached hydrogens (primary N) is 1. The third kappa shape index (κ3) is 2.01. The van der Waals surface area contributed by atoms with Gasteiger partial charge in [0.15, 0.2) is 11.6 Å². The van der Waals surface area contributed by atoms with E-state index in [2.05, 4.69) is 25.3 Å². The predicted molar refractivity (Wildman–Crippen MR) is 59.4 cm³/mol. The first-order valence-electron chi connectivity index (χ1n) is 5.11. The van der Waals surface area contributed by atoms with Gasteiger partial charge in [-0.05, 0) is 18.2 Å². The molecule has 0 saturated carbocycles. The van der Waals surface area contributed by atoms with E-state index in [1.54, 1.807) is 0 Å². The van der Waals surface area contributed by atoms with Crippen molar-refractivity contribution in [1.82, 2.24) is 25.3 Å². The van der Waals surface area contributed by atoms with Crippen LogP contribution in [0.4, 0.5) is 14.7 Å². The van der Waals surface area contributed by atoms with Crippen LogP contribution in [0.3, 0.4) is 0 Å². The number of nitrogens with zero attached hydrogens (tertiary/aromatic N) is 4. The van der Waals surface area contributed by atoms with Gasteiger partial charge in [0.05, 0.1) is 0 Å². The van der Waals surface area contributed by atoms with Crippen molar-refractivity contribution >= 4 is 5.95 Å². The summed E-state index contributed by atoms with van der Waals surface area (Å²) in [6.07, 6.45) is 0. The molecule has 7 nitrogen and oxygen atoms in total. The second-order valence-electron chi connectivity index (χ2n) is 3.59. The highest BCUT2D eigenvalue weighted by Crippen LogP contribution is 2.21. The van der Waals surface area contributed by atoms with E-state index in [0.29, 0.717) is 0 Å². The fraction of sp³-hybridized carbons (Fsp3) is 0. The molecule has 0 unspecified atom stereocenters. The average molecular weight is 264 g/mol. The van der Waals surface area contributed by atoms with Crippen LogP contribution in [0, 0.1) is 11.6 Å². The summed E-state index contributed by atoms with van der Waals surface area (Å²) < 4.78 is 30.8. The highest BCUT2D eigenvalue weighted by Gasteiger charge is 2.15. The summed E-state index contributed by atoms with van der Waals surface area (Å²) in [4.78, 5) is 7.78. The van der Waals surface area contributed by atoms with Gasteiger partial charge in [0.1, 0.15) is 0 Å². The molecule has 0 aliphatic heterocycles. The Kier molecular flexibility index (Phi) is 2.44. The van der Waals surface area contributed by atoms with Gasteiger partial charge >= 0.3 is 0 Å². The van der Waals surface area contributed by atoms with Crippen LogP contribution in [-0.2, 0) is 0 Å². The number of H-pyrrole nitrogens is 1. The van der Waals surface area contributed by atoms with Gasteiger partial charge in [0.25, 0.3) is 5.89 Å². The molecule has 3 rings (SSSR count). The Balaban J connectivity index is 1.98. The van der Waals surface area contributed by atoms with Crippen molar-refractivity contribution in [2.75, 3.05) is 5.73 Å². The molecule has 0 spiro atoms. The van der Waals surface area contributed by atoms with Crippen LogP contribution >= 0.6 is 0 Å². The summed E-state index contributed by atoms with van der Waals surface area (Å²) in [5.41, 5.74) is 5.61. The van der Waals surface area contributed by atoms with Crippen LogP contribution in [0.2, 0.25) is 0 Å². The molecule has 0 fully saturated rings. The van der Waals surface area contributed by atoms with Gasteiger partial charge in [0.2, 0.25) is 17.6 Å². The minimum atomic E-state index is -0.993. The summed E-state index contributed by atoms with van der Waals surface area (Å²) in [6, 6.07) is 3.29. The highest BCUT2D eigenvalue weighted by molar-refractivity contribution is 5.56. The zero-order chi connectivity index (χ0) is 13.4. The van der Waals surface area contributed by atoms with Gasteiger partial charge < -0.3 is 10.3 Å². The van der Waals surface area contributed by atoms with Gasteiger partial charge in [-0.2, -0.15) is 9.97 Å². The summed E-state index contributed by atoms with van der Waals surface area (Å²) in [7, 11) is 0. The lowest BCUT2D eigenvalue weighted by atomic mass is 10.2. The quantitative estimate of drug-likeness (QED) is 0.724. The van der Waals surface area contributed by atoms with Crippen molar-refractivity contribution in [2.45, 2.75) is 0 Å². The number of anilines is 1. The molecule has 96 valence electrons. The summed E-state index contributed by atoms with van der Waals surface area (Å²) in [5.74, 6) is -1.57. The van der Waals surface area contributed by atoms with E-state index in [4.69, 9.17) is 10.3 Å². The zero-order valence-electron chi connectivity index (χ0n) is 9.26. The number of hydrogen-bond donors (Lipinski definition) is 2. The second kappa shape index (κ2) is 4.12. The Bertz CT molecular complexity index is 737. The molecule has 1 aromatic carbocycles. The van der Waals surface area contributed by atoms with Gasteiger partial charge in [-0.15, -0.1) is 5.10 Å². The largest absolute Gasteiger partial charge is 0.366 e. The van der Waals surface area contributed by atoms with E-state index < -0.39 is 11.6 Å². The van der Waals surface area contributed by atoms with E-state index in [1.165, 1.54) is 6.07 Å². The minimum absolute atomic E-state index is 0.0302. The highest BCUT2D eigenvalue weighted by atomic mass is 19.2. The molecule has 19 heavy (non-hydrogen) atoms. The van der Waals surface area contributed by atoms with Gasteiger partial charge in [-0.25, -0.2) is 8.78 Å². The van der Waals surface area contributed by atoms with Crippen molar-refractivity contribution in [3.8, 4) is 23.1 Å². The van der Waals surface area contributed by atoms with E-state index in [-0.39, 0.29) is 29.1 Å². The number of aromatic amines is 1. The molecule has 2 aromatic heterocycles. The third-order valence-corrected chi connectivity index (χ3v) is 2.31. The van der Waals surface area contributed by atoms with Crippen LogP contribution in [0.15, 0.2) is 22.7 Å². The molecule has 2 heterocycles. The summed E-state index contributed by atoms with van der Waals surface area (Å²) in [5, 5.41) is 9.73. The van der Waals surface area contributed by atoms with E-state index in [9.17, 15) is 8.78 Å². The first-order valence-corrected chi connectivity index (χ1v) is 5.11. The first kappa shape index (κ1) is 11.3. The van der Waals surface area contributed by atoms with Gasteiger partial charge in [-0.1, -0.05) is 5.16 Å². The lowest BCUT2D eigenvalue weighted by Gasteiger charge is -1.95. The SMILES string of the molecule is Nc1n[nH]c(-c2nc(-c3ccc(F)c(F)c3)no2)n1. The second-order valence-corrected chi connectivity index (χ2v) is 3.59. The normalized spacial score (nSPS) is 10.8. The maximum absolute atomic E-state index is 13.1. The number of hydrogen-bond acceptors (Lipinski definition) is 6. The fourth-order valence-electron chi connectivity index (χ4n) is 1.44. The first-order chi connectivity index (χ1) is 9.13. The molecule has 0 saturated heterocycles. The molecule has 0 aliphatic carbocycles. The lowest BCUT2D eigenvalue weighted by Crippen LogP contribution is -1.87. The topological polar surface area (TPSA) is 107 Å². The number of rotatable bonds is 2. The average Bonchev–Trinajstić information content (AvgIpc) is 3.01. The van der Waals surface area contributed by atoms with Gasteiger partial charge in [-0.3, -0.25) is 5.10 Å². The standard InChI is InChI=1S/C10H6F2N6O/c11-5-2-1-4(3-6(5)12)7-14-9(19-18-7)8-15-10(13)17-16-8/h1-3H,(H3,13,15,16,17). The molecule has 0 radical (unpaired) electrons. The van der Waals surface area contributed by atoms with E-state index in [1.807, 2.05) is 0 Å². The number of nitrogen functional groups attached to an aromatic ring is 1. The summed E-state index contributed by atoms with van der Waals surface area (Å²) >= 11 is 0. The maximum atomic E-state index is 13.1. The third-order valence-electron chi connectivity index (χ3n) is 2.31. The number of benzene rings is 1. The molecular weight excluding hydrogens is 258 g/mol. The molecular formula is C10H6F2N6O. The van der Waals surface area contributed by atoms with Crippen LogP contribution in [0.1, 0.15) is 0 Å². The van der Waals surface area contributed by atoms with Crippen molar-refractivity contribution in [1.29, 1.82) is 0 Å². The Morgan fingerprint density at radius 3 is 2.68 bits per heavy atom. The number of nitrogens with one attached hydrogen (secondary N) is 1. The molecule has 0 amide bonds. The monoisotopic (exact) mass is 264 g/mol. The molecule has 0 atom stereocenters. The van der Waals surface area contributed by atoms with Crippen molar-refractivity contribution in [2.24, 2.45) is 0 Å². The van der Waals surface area contributed by atoms with Crippen LogP contribution < -0.4 is 5.73 Å². The van der Waals surface area contributed by atoms with Crippen LogP contribution in [-0.4, -0.2) is 25.3 Å². The summed E-state index contributed by atoms with van der Waals surface area (Å²) in [6.45, 7) is 0. The Labute approximate surface area is 104 Å². The van der Waals surface area contributed by atoms with E-state index >= 15 is 0 Å². The van der Waals surface area contributed by atoms with Crippen molar-refractivity contribution in [3.63, 3.8) is 0 Å². The Morgan fingerprint density at radius 1 is 1.16 bits per heavy atom. The molecule has 3 aromatic rings. The molecule has 0 bridgehead atoms. The molecule has 0 aliphatic rings. The van der Waals surface area contributed by atoms with Gasteiger partial charge in [0, 0.05) is 5.56 Å². The number of halogens is 2. The lowest BCUT2D eigenvalue weighted by molar-refractivity contribution is 0.429. The Morgan fingerprint density at radius 2 is 2.00 bits per heavy atom. The van der Waals surface area contributed by atoms with Crippen LogP contribution in [0.5, 0.6) is 0 Å². The Hall–Kier alpha value is -2.84.